The number of benzene rings is 1. The van der Waals surface area contributed by atoms with Crippen molar-refractivity contribution in [2.45, 2.75) is 0 Å². The van der Waals surface area contributed by atoms with Gasteiger partial charge < -0.3 is 9.72 Å². The van der Waals surface area contributed by atoms with E-state index in [2.05, 4.69) is 30.4 Å². The van der Waals surface area contributed by atoms with Gasteiger partial charge in [0.25, 0.3) is 0 Å². The maximum Gasteiger partial charge on any atom is 0.161 e. The number of fused-ring (bicyclic) bond motifs is 2. The topological polar surface area (TPSA) is 121 Å². The van der Waals surface area contributed by atoms with Gasteiger partial charge in [-0.05, 0) is 30.3 Å². The zero-order chi connectivity index (χ0) is 20.8. The van der Waals surface area contributed by atoms with Crippen LogP contribution in [-0.4, -0.2) is 47.4 Å². The Morgan fingerprint density at radius 3 is 2.71 bits per heavy atom. The third kappa shape index (κ3) is 2.83. The second-order valence-corrected chi connectivity index (χ2v) is 7.02. The molecule has 150 valence electrons. The van der Waals surface area contributed by atoms with Gasteiger partial charge in [-0.15, -0.1) is 0 Å². The van der Waals surface area contributed by atoms with E-state index in [4.69, 9.17) is 14.7 Å². The van der Waals surface area contributed by atoms with Crippen LogP contribution in [0.4, 0.5) is 0 Å². The second-order valence-electron chi connectivity index (χ2n) is 7.02. The highest BCUT2D eigenvalue weighted by molar-refractivity contribution is 5.95. The van der Waals surface area contributed by atoms with Crippen LogP contribution >= 0.6 is 0 Å². The number of aromatic amines is 3. The molecule has 5 heterocycles. The summed E-state index contributed by atoms with van der Waals surface area (Å²) in [6, 6.07) is 13.5. The number of nitrogens with one attached hydrogen (secondary N) is 3. The van der Waals surface area contributed by atoms with Crippen molar-refractivity contribution in [3.63, 3.8) is 0 Å². The zero-order valence-corrected chi connectivity index (χ0v) is 16.4. The molecule has 5 aromatic heterocycles. The Hall–Kier alpha value is -4.53. The summed E-state index contributed by atoms with van der Waals surface area (Å²) in [5, 5.41) is 14.3. The first-order valence-electron chi connectivity index (χ1n) is 9.64. The molecule has 0 saturated heterocycles. The number of imidazole rings is 1. The Morgan fingerprint density at radius 1 is 0.903 bits per heavy atom. The Kier molecular flexibility index (Phi) is 3.79. The van der Waals surface area contributed by atoms with Crippen molar-refractivity contribution in [3.8, 4) is 39.8 Å². The standard InChI is InChI=1S/C22H16N8O/c1-31-14-4-2-3-12(9-14)18-19-16(7-8-23-18)27-22(28-19)21-20-17(29-30-21)6-5-15(26-20)13-10-24-25-11-13/h2-11H,1H3,(H,24,25)(H,27,28)(H,29,30). The summed E-state index contributed by atoms with van der Waals surface area (Å²) in [6.07, 6.45) is 5.30. The first-order valence-corrected chi connectivity index (χ1v) is 9.64. The molecule has 9 nitrogen and oxygen atoms in total. The Balaban J connectivity index is 1.51. The highest BCUT2D eigenvalue weighted by Crippen LogP contribution is 2.31. The normalized spacial score (nSPS) is 11.4. The highest BCUT2D eigenvalue weighted by Gasteiger charge is 2.17. The van der Waals surface area contributed by atoms with Crippen LogP contribution in [0.5, 0.6) is 5.75 Å². The van der Waals surface area contributed by atoms with E-state index in [-0.39, 0.29) is 0 Å². The van der Waals surface area contributed by atoms with Crippen molar-refractivity contribution in [1.82, 2.24) is 40.3 Å². The number of hydrogen-bond acceptors (Lipinski definition) is 6. The van der Waals surface area contributed by atoms with Crippen LogP contribution < -0.4 is 4.74 Å². The Morgan fingerprint density at radius 2 is 1.84 bits per heavy atom. The van der Waals surface area contributed by atoms with Gasteiger partial charge in [0.05, 0.1) is 35.7 Å². The van der Waals surface area contributed by atoms with E-state index >= 15 is 0 Å². The third-order valence-electron chi connectivity index (χ3n) is 5.17. The molecule has 0 aliphatic heterocycles. The number of rotatable bonds is 4. The van der Waals surface area contributed by atoms with Gasteiger partial charge in [0.15, 0.2) is 11.5 Å². The Bertz CT molecular complexity index is 1530. The first kappa shape index (κ1) is 17.3. The van der Waals surface area contributed by atoms with Crippen molar-refractivity contribution in [3.05, 3.63) is 61.1 Å². The lowest BCUT2D eigenvalue weighted by Gasteiger charge is -2.04. The molecular formula is C22H16N8O. The summed E-state index contributed by atoms with van der Waals surface area (Å²) < 4.78 is 5.36. The molecule has 0 atom stereocenters. The summed E-state index contributed by atoms with van der Waals surface area (Å²) >= 11 is 0. The average Bonchev–Trinajstić information content (AvgIpc) is 3.57. The molecule has 0 aliphatic carbocycles. The molecule has 6 rings (SSSR count). The van der Waals surface area contributed by atoms with Gasteiger partial charge in [-0.2, -0.15) is 10.2 Å². The smallest absolute Gasteiger partial charge is 0.161 e. The largest absolute Gasteiger partial charge is 0.497 e. The minimum Gasteiger partial charge on any atom is -0.497 e. The number of methoxy groups -OCH3 is 1. The van der Waals surface area contributed by atoms with Crippen molar-refractivity contribution >= 4 is 22.1 Å². The van der Waals surface area contributed by atoms with Gasteiger partial charge in [0.1, 0.15) is 16.8 Å². The molecule has 3 N–H and O–H groups in total. The van der Waals surface area contributed by atoms with Crippen LogP contribution in [-0.2, 0) is 0 Å². The Labute approximate surface area is 175 Å². The molecule has 0 saturated carbocycles. The fourth-order valence-corrected chi connectivity index (χ4v) is 3.64. The third-order valence-corrected chi connectivity index (χ3v) is 5.17. The SMILES string of the molecule is COc1cccc(-c2nccc3[nH]c(-c4n[nH]c5ccc(-c6cn[nH]c6)nc45)nc23)c1. The van der Waals surface area contributed by atoms with Crippen molar-refractivity contribution in [1.29, 1.82) is 0 Å². The van der Waals surface area contributed by atoms with Crippen LogP contribution in [0.1, 0.15) is 0 Å². The van der Waals surface area contributed by atoms with Crippen molar-refractivity contribution < 1.29 is 4.74 Å². The van der Waals surface area contributed by atoms with Gasteiger partial charge in [0.2, 0.25) is 0 Å². The van der Waals surface area contributed by atoms with Gasteiger partial charge in [-0.25, -0.2) is 9.97 Å². The predicted octanol–water partition coefficient (Wildman–Crippen LogP) is 3.96. The van der Waals surface area contributed by atoms with E-state index in [1.54, 1.807) is 25.7 Å². The van der Waals surface area contributed by atoms with Gasteiger partial charge in [0, 0.05) is 23.5 Å². The second kappa shape index (κ2) is 6.77. The zero-order valence-electron chi connectivity index (χ0n) is 16.4. The number of pyridine rings is 2. The molecule has 0 unspecified atom stereocenters. The molecular weight excluding hydrogens is 392 g/mol. The maximum absolute atomic E-state index is 5.36. The first-order chi connectivity index (χ1) is 15.3. The van der Waals surface area contributed by atoms with E-state index in [1.165, 1.54) is 0 Å². The molecule has 1 aromatic carbocycles. The number of ether oxygens (including phenoxy) is 1. The van der Waals surface area contributed by atoms with E-state index in [0.717, 1.165) is 50.3 Å². The molecule has 0 fully saturated rings. The van der Waals surface area contributed by atoms with Crippen LogP contribution in [0, 0.1) is 0 Å². The molecule has 0 amide bonds. The van der Waals surface area contributed by atoms with Crippen LogP contribution in [0.3, 0.4) is 0 Å². The average molecular weight is 408 g/mol. The summed E-state index contributed by atoms with van der Waals surface area (Å²) in [6.45, 7) is 0. The summed E-state index contributed by atoms with van der Waals surface area (Å²) in [7, 11) is 1.65. The number of aromatic nitrogens is 8. The summed E-state index contributed by atoms with van der Waals surface area (Å²) in [4.78, 5) is 17.5. The summed E-state index contributed by atoms with van der Waals surface area (Å²) in [5.74, 6) is 1.39. The van der Waals surface area contributed by atoms with Gasteiger partial charge in [-0.1, -0.05) is 12.1 Å². The van der Waals surface area contributed by atoms with Gasteiger partial charge >= 0.3 is 0 Å². The van der Waals surface area contributed by atoms with E-state index in [0.29, 0.717) is 11.5 Å². The highest BCUT2D eigenvalue weighted by atomic mass is 16.5. The van der Waals surface area contributed by atoms with Gasteiger partial charge in [-0.3, -0.25) is 15.2 Å². The van der Waals surface area contributed by atoms with Crippen LogP contribution in [0.25, 0.3) is 56.1 Å². The van der Waals surface area contributed by atoms with Crippen molar-refractivity contribution in [2.75, 3.05) is 7.11 Å². The lowest BCUT2D eigenvalue weighted by Crippen LogP contribution is -1.88. The fraction of sp³-hybridized carbons (Fsp3) is 0.0455. The quantitative estimate of drug-likeness (QED) is 0.406. The lowest BCUT2D eigenvalue weighted by molar-refractivity contribution is 0.415. The number of H-pyrrole nitrogens is 3. The molecule has 0 spiro atoms. The molecule has 6 aromatic rings. The molecule has 0 bridgehead atoms. The molecule has 0 radical (unpaired) electrons. The van der Waals surface area contributed by atoms with Crippen LogP contribution in [0.15, 0.2) is 61.1 Å². The minimum atomic E-state index is 0.621. The van der Waals surface area contributed by atoms with Crippen molar-refractivity contribution in [2.24, 2.45) is 0 Å². The molecule has 0 aliphatic rings. The van der Waals surface area contributed by atoms with E-state index in [1.807, 2.05) is 42.5 Å². The maximum atomic E-state index is 5.36. The number of hydrogen-bond donors (Lipinski definition) is 3. The van der Waals surface area contributed by atoms with Crippen LogP contribution in [0.2, 0.25) is 0 Å². The minimum absolute atomic E-state index is 0.621. The predicted molar refractivity (Wildman–Crippen MR) is 116 cm³/mol. The number of nitrogens with zero attached hydrogens (tertiary/aromatic N) is 5. The lowest BCUT2D eigenvalue weighted by atomic mass is 10.1. The molecule has 31 heavy (non-hydrogen) atoms. The molecule has 9 heteroatoms. The monoisotopic (exact) mass is 408 g/mol. The van der Waals surface area contributed by atoms with E-state index in [9.17, 15) is 0 Å². The fourth-order valence-electron chi connectivity index (χ4n) is 3.64. The van der Waals surface area contributed by atoms with E-state index < -0.39 is 0 Å². The summed E-state index contributed by atoms with van der Waals surface area (Å²) in [5.41, 5.74) is 7.23.